The lowest BCUT2D eigenvalue weighted by Gasteiger charge is -2.09. The van der Waals surface area contributed by atoms with Crippen LogP contribution in [0.25, 0.3) is 22.6 Å². The Morgan fingerprint density at radius 3 is 2.57 bits per heavy atom. The summed E-state index contributed by atoms with van der Waals surface area (Å²) in [6, 6.07) is 8.71. The predicted octanol–water partition coefficient (Wildman–Crippen LogP) is 4.86. The highest BCUT2D eigenvalue weighted by atomic mass is 79.9. The number of hydrogen-bond acceptors (Lipinski definition) is 3. The molecule has 0 fully saturated rings. The molecule has 0 amide bonds. The van der Waals surface area contributed by atoms with Crippen LogP contribution in [0.2, 0.25) is 0 Å². The first-order chi connectivity index (χ1) is 9.84. The number of benzene rings is 2. The lowest BCUT2D eigenvalue weighted by Crippen LogP contribution is -2.06. The van der Waals surface area contributed by atoms with Crippen molar-refractivity contribution in [2.45, 2.75) is 6.18 Å². The molecule has 7 heteroatoms. The van der Waals surface area contributed by atoms with Crippen LogP contribution in [0.15, 0.2) is 45.3 Å². The molecule has 1 heterocycles. The average molecular weight is 357 g/mol. The molecule has 3 nitrogen and oxygen atoms in total. The number of nitrogens with two attached hydrogens (primary N) is 1. The molecule has 0 spiro atoms. The molecule has 3 rings (SSSR count). The van der Waals surface area contributed by atoms with Crippen molar-refractivity contribution in [3.63, 3.8) is 0 Å². The van der Waals surface area contributed by atoms with Gasteiger partial charge in [0.15, 0.2) is 5.58 Å². The molecule has 2 N–H and O–H groups in total. The maximum atomic E-state index is 12.9. The summed E-state index contributed by atoms with van der Waals surface area (Å²) in [6.45, 7) is 0. The molecular formula is C14H8BrF3N2O. The van der Waals surface area contributed by atoms with Crippen molar-refractivity contribution < 1.29 is 17.6 Å². The van der Waals surface area contributed by atoms with E-state index in [9.17, 15) is 13.2 Å². The topological polar surface area (TPSA) is 52.0 Å². The number of nitrogens with zero attached hydrogens (tertiary/aromatic N) is 1. The van der Waals surface area contributed by atoms with E-state index in [1.165, 1.54) is 12.1 Å². The number of aromatic nitrogens is 1. The zero-order chi connectivity index (χ0) is 15.2. The molecule has 0 atom stereocenters. The number of fused-ring (bicyclic) bond motifs is 1. The third-order valence-corrected chi connectivity index (χ3v) is 3.62. The molecule has 0 radical (unpaired) electrons. The van der Waals surface area contributed by atoms with Gasteiger partial charge in [0.05, 0.1) is 5.56 Å². The van der Waals surface area contributed by atoms with Crippen molar-refractivity contribution in [1.29, 1.82) is 0 Å². The first-order valence-corrected chi connectivity index (χ1v) is 6.67. The number of anilines is 1. The van der Waals surface area contributed by atoms with E-state index in [0.29, 0.717) is 16.8 Å². The van der Waals surface area contributed by atoms with E-state index in [-0.39, 0.29) is 15.9 Å². The van der Waals surface area contributed by atoms with Gasteiger partial charge in [-0.1, -0.05) is 15.9 Å². The van der Waals surface area contributed by atoms with E-state index in [1.807, 2.05) is 0 Å². The molecule has 2 aromatic carbocycles. The Morgan fingerprint density at radius 2 is 1.86 bits per heavy atom. The standard InChI is InChI=1S/C14H8BrF3N2O/c15-10-3-1-7(5-9(10)14(16,17)18)13-20-11-4-2-8(19)6-12(11)21-13/h1-6H,19H2. The number of oxazole rings is 1. The molecule has 0 saturated carbocycles. The van der Waals surface area contributed by atoms with Crippen LogP contribution in [0.1, 0.15) is 5.56 Å². The van der Waals surface area contributed by atoms with E-state index >= 15 is 0 Å². The summed E-state index contributed by atoms with van der Waals surface area (Å²) >= 11 is 2.90. The third-order valence-electron chi connectivity index (χ3n) is 2.93. The van der Waals surface area contributed by atoms with Crippen LogP contribution in [-0.4, -0.2) is 4.98 Å². The summed E-state index contributed by atoms with van der Waals surface area (Å²) in [5.41, 5.74) is 6.57. The van der Waals surface area contributed by atoms with Gasteiger partial charge >= 0.3 is 6.18 Å². The van der Waals surface area contributed by atoms with Gasteiger partial charge in [-0.05, 0) is 30.3 Å². The van der Waals surface area contributed by atoms with Crippen molar-refractivity contribution in [3.05, 3.63) is 46.4 Å². The predicted molar refractivity (Wildman–Crippen MR) is 76.6 cm³/mol. The van der Waals surface area contributed by atoms with Crippen molar-refractivity contribution in [2.24, 2.45) is 0 Å². The van der Waals surface area contributed by atoms with Crippen LogP contribution in [0.3, 0.4) is 0 Å². The Bertz CT molecular complexity index is 827. The second kappa shape index (κ2) is 4.77. The third kappa shape index (κ3) is 2.61. The van der Waals surface area contributed by atoms with Crippen LogP contribution >= 0.6 is 15.9 Å². The maximum absolute atomic E-state index is 12.9. The summed E-state index contributed by atoms with van der Waals surface area (Å²) in [4.78, 5) is 4.17. The van der Waals surface area contributed by atoms with Crippen LogP contribution < -0.4 is 5.73 Å². The number of rotatable bonds is 1. The van der Waals surface area contributed by atoms with Gasteiger partial charge in [-0.3, -0.25) is 0 Å². The minimum atomic E-state index is -4.45. The smallest absolute Gasteiger partial charge is 0.417 e. The fourth-order valence-electron chi connectivity index (χ4n) is 1.94. The fourth-order valence-corrected chi connectivity index (χ4v) is 2.41. The van der Waals surface area contributed by atoms with Crippen molar-refractivity contribution in [2.75, 3.05) is 5.73 Å². The molecule has 0 aliphatic rings. The Kier molecular flexibility index (Phi) is 3.16. The van der Waals surface area contributed by atoms with Crippen molar-refractivity contribution in [3.8, 4) is 11.5 Å². The van der Waals surface area contributed by atoms with E-state index in [2.05, 4.69) is 20.9 Å². The summed E-state index contributed by atoms with van der Waals surface area (Å²) in [7, 11) is 0. The van der Waals surface area contributed by atoms with Crippen molar-refractivity contribution in [1.82, 2.24) is 4.98 Å². The first kappa shape index (κ1) is 13.9. The number of nitrogen functional groups attached to an aromatic ring is 1. The largest absolute Gasteiger partial charge is 0.436 e. The lowest BCUT2D eigenvalue weighted by atomic mass is 10.1. The quantitative estimate of drug-likeness (QED) is 0.633. The minimum absolute atomic E-state index is 0.0286. The molecular weight excluding hydrogens is 349 g/mol. The molecule has 108 valence electrons. The van der Waals surface area contributed by atoms with E-state index < -0.39 is 11.7 Å². The molecule has 0 unspecified atom stereocenters. The van der Waals surface area contributed by atoms with Crippen LogP contribution in [0.4, 0.5) is 18.9 Å². The second-order valence-electron chi connectivity index (χ2n) is 4.44. The van der Waals surface area contributed by atoms with Gasteiger partial charge in [0.1, 0.15) is 5.52 Å². The lowest BCUT2D eigenvalue weighted by molar-refractivity contribution is -0.138. The number of hydrogen-bond donors (Lipinski definition) is 1. The Hall–Kier alpha value is -2.02. The molecule has 0 bridgehead atoms. The van der Waals surface area contributed by atoms with Crippen LogP contribution in [-0.2, 0) is 6.18 Å². The zero-order valence-electron chi connectivity index (χ0n) is 10.4. The summed E-state index contributed by atoms with van der Waals surface area (Å²) < 4.78 is 44.2. The summed E-state index contributed by atoms with van der Waals surface area (Å²) in [5.74, 6) is 0.119. The zero-order valence-corrected chi connectivity index (χ0v) is 12.0. The van der Waals surface area contributed by atoms with Gasteiger partial charge in [0, 0.05) is 21.8 Å². The molecule has 21 heavy (non-hydrogen) atoms. The van der Waals surface area contributed by atoms with E-state index in [0.717, 1.165) is 6.07 Å². The van der Waals surface area contributed by atoms with Crippen LogP contribution in [0.5, 0.6) is 0 Å². The highest BCUT2D eigenvalue weighted by Crippen LogP contribution is 2.37. The number of halogens is 4. The van der Waals surface area contributed by atoms with E-state index in [1.54, 1.807) is 18.2 Å². The van der Waals surface area contributed by atoms with Crippen molar-refractivity contribution >= 4 is 32.7 Å². The SMILES string of the molecule is Nc1ccc2nc(-c3ccc(Br)c(C(F)(F)F)c3)oc2c1. The van der Waals surface area contributed by atoms with Crippen LogP contribution in [0, 0.1) is 0 Å². The van der Waals surface area contributed by atoms with Gasteiger partial charge in [0.2, 0.25) is 5.89 Å². The van der Waals surface area contributed by atoms with E-state index in [4.69, 9.17) is 10.2 Å². The van der Waals surface area contributed by atoms with Gasteiger partial charge in [-0.15, -0.1) is 0 Å². The molecule has 1 aromatic heterocycles. The van der Waals surface area contributed by atoms with Gasteiger partial charge < -0.3 is 10.2 Å². The Labute approximate surface area is 125 Å². The number of alkyl halides is 3. The first-order valence-electron chi connectivity index (χ1n) is 5.88. The Balaban J connectivity index is 2.14. The highest BCUT2D eigenvalue weighted by molar-refractivity contribution is 9.10. The maximum Gasteiger partial charge on any atom is 0.417 e. The molecule has 3 aromatic rings. The summed E-state index contributed by atoms with van der Waals surface area (Å²) in [6.07, 6.45) is -4.45. The fraction of sp³-hybridized carbons (Fsp3) is 0.0714. The highest BCUT2D eigenvalue weighted by Gasteiger charge is 2.33. The molecule has 0 aliphatic carbocycles. The van der Waals surface area contributed by atoms with Gasteiger partial charge in [-0.25, -0.2) is 4.98 Å². The molecule has 0 aliphatic heterocycles. The van der Waals surface area contributed by atoms with Gasteiger partial charge in [-0.2, -0.15) is 13.2 Å². The monoisotopic (exact) mass is 356 g/mol. The minimum Gasteiger partial charge on any atom is -0.436 e. The second-order valence-corrected chi connectivity index (χ2v) is 5.29. The average Bonchev–Trinajstić information content (AvgIpc) is 2.80. The molecule has 0 saturated heterocycles. The summed E-state index contributed by atoms with van der Waals surface area (Å²) in [5, 5.41) is 0. The Morgan fingerprint density at radius 1 is 1.10 bits per heavy atom. The van der Waals surface area contributed by atoms with Gasteiger partial charge in [0.25, 0.3) is 0 Å². The normalized spacial score (nSPS) is 12.0.